The second-order valence-corrected chi connectivity index (χ2v) is 8.86. The molecule has 0 spiro atoms. The van der Waals surface area contributed by atoms with E-state index in [1.807, 2.05) is 54.6 Å². The molecule has 1 saturated heterocycles. The molecular formula is C27H19N3O5S. The van der Waals surface area contributed by atoms with Gasteiger partial charge in [0.25, 0.3) is 11.1 Å². The Morgan fingerprint density at radius 3 is 2.39 bits per heavy atom. The molecular weight excluding hydrogens is 478 g/mol. The van der Waals surface area contributed by atoms with Crippen LogP contribution in [-0.2, 0) is 4.79 Å². The number of ketones is 1. The van der Waals surface area contributed by atoms with E-state index < -0.39 is 11.1 Å². The summed E-state index contributed by atoms with van der Waals surface area (Å²) < 4.78 is 11.3. The highest BCUT2D eigenvalue weighted by Crippen LogP contribution is 2.27. The molecule has 0 unspecified atom stereocenters. The summed E-state index contributed by atoms with van der Waals surface area (Å²) in [5.41, 5.74) is 3.64. The number of thioether (sulfide) groups is 1. The van der Waals surface area contributed by atoms with Gasteiger partial charge in [0, 0.05) is 5.56 Å². The lowest BCUT2D eigenvalue weighted by Gasteiger charge is -2.04. The number of imide groups is 1. The fraction of sp³-hybridized carbons (Fsp3) is 0.0741. The average molecular weight is 498 g/mol. The number of ether oxygens (including phenoxy) is 1. The molecule has 0 atom stereocenters. The van der Waals surface area contributed by atoms with E-state index in [-0.39, 0.29) is 23.0 Å². The molecule has 0 saturated carbocycles. The largest absolute Gasteiger partial charge is 0.484 e. The van der Waals surface area contributed by atoms with Gasteiger partial charge in [-0.3, -0.25) is 24.7 Å². The minimum absolute atomic E-state index is 0.209. The third-order valence-corrected chi connectivity index (χ3v) is 6.16. The quantitative estimate of drug-likeness (QED) is 0.271. The monoisotopic (exact) mass is 497 g/mol. The molecule has 8 nitrogen and oxygen atoms in total. The van der Waals surface area contributed by atoms with Crippen molar-refractivity contribution in [3.8, 4) is 28.3 Å². The van der Waals surface area contributed by atoms with E-state index in [0.717, 1.165) is 28.5 Å². The Bertz CT molecular complexity index is 1480. The minimum atomic E-state index is -0.452. The Morgan fingerprint density at radius 2 is 1.72 bits per heavy atom. The number of hydrogen-bond donors (Lipinski definition) is 1. The SMILES string of the molecule is Cc1oc(-c2ccc(-c3ccccc3)cc2)nc1C(=O)COc1ccc(C=C2SC(=O)NC2=O)nc1. The van der Waals surface area contributed by atoms with Crippen LogP contribution in [0.2, 0.25) is 0 Å². The van der Waals surface area contributed by atoms with E-state index in [2.05, 4.69) is 15.3 Å². The molecule has 1 aliphatic heterocycles. The summed E-state index contributed by atoms with van der Waals surface area (Å²) >= 11 is 0.815. The normalized spacial score (nSPS) is 14.2. The van der Waals surface area contributed by atoms with Crippen LogP contribution in [0.15, 0.2) is 82.2 Å². The molecule has 178 valence electrons. The van der Waals surface area contributed by atoms with E-state index in [1.165, 1.54) is 12.3 Å². The maximum atomic E-state index is 12.7. The predicted octanol–water partition coefficient (Wildman–Crippen LogP) is 5.30. The van der Waals surface area contributed by atoms with Crippen molar-refractivity contribution in [1.82, 2.24) is 15.3 Å². The topological polar surface area (TPSA) is 111 Å². The van der Waals surface area contributed by atoms with Gasteiger partial charge in [-0.15, -0.1) is 0 Å². The van der Waals surface area contributed by atoms with Gasteiger partial charge in [-0.25, -0.2) is 4.98 Å². The van der Waals surface area contributed by atoms with Crippen LogP contribution in [-0.4, -0.2) is 33.5 Å². The number of aromatic nitrogens is 2. The fourth-order valence-corrected chi connectivity index (χ4v) is 4.22. The predicted molar refractivity (Wildman–Crippen MR) is 135 cm³/mol. The number of oxazole rings is 1. The Hall–Kier alpha value is -4.50. The van der Waals surface area contributed by atoms with Crippen LogP contribution in [0.3, 0.4) is 0 Å². The summed E-state index contributed by atoms with van der Waals surface area (Å²) in [5.74, 6) is 0.372. The fourth-order valence-electron chi connectivity index (χ4n) is 3.55. The first kappa shape index (κ1) is 23.3. The molecule has 0 radical (unpaired) electrons. The van der Waals surface area contributed by atoms with Crippen LogP contribution in [0.1, 0.15) is 21.9 Å². The number of carbonyl (C=O) groups excluding carboxylic acids is 3. The lowest BCUT2D eigenvalue weighted by molar-refractivity contribution is -0.115. The van der Waals surface area contributed by atoms with Crippen molar-refractivity contribution >= 4 is 34.8 Å². The van der Waals surface area contributed by atoms with E-state index in [9.17, 15) is 14.4 Å². The minimum Gasteiger partial charge on any atom is -0.484 e. The van der Waals surface area contributed by atoms with Gasteiger partial charge < -0.3 is 9.15 Å². The summed E-state index contributed by atoms with van der Waals surface area (Å²) in [7, 11) is 0. The number of hydrogen-bond acceptors (Lipinski definition) is 8. The summed E-state index contributed by atoms with van der Waals surface area (Å²) in [5, 5.41) is 1.77. The smallest absolute Gasteiger partial charge is 0.290 e. The van der Waals surface area contributed by atoms with Gasteiger partial charge in [-0.05, 0) is 60.2 Å². The number of aryl methyl sites for hydroxylation is 1. The molecule has 0 aliphatic carbocycles. The van der Waals surface area contributed by atoms with Crippen molar-refractivity contribution in [2.45, 2.75) is 6.92 Å². The third kappa shape index (κ3) is 5.11. The average Bonchev–Trinajstić information content (AvgIpc) is 3.44. The van der Waals surface area contributed by atoms with Gasteiger partial charge >= 0.3 is 0 Å². The highest BCUT2D eigenvalue weighted by atomic mass is 32.2. The number of nitrogens with zero attached hydrogens (tertiary/aromatic N) is 2. The lowest BCUT2D eigenvalue weighted by atomic mass is 10.0. The van der Waals surface area contributed by atoms with Gasteiger partial charge in [0.1, 0.15) is 11.5 Å². The molecule has 3 heterocycles. The second kappa shape index (κ2) is 10.0. The van der Waals surface area contributed by atoms with Crippen LogP contribution in [0.4, 0.5) is 4.79 Å². The van der Waals surface area contributed by atoms with Gasteiger partial charge in [0.05, 0.1) is 16.8 Å². The van der Waals surface area contributed by atoms with Crippen molar-refractivity contribution in [2.24, 2.45) is 0 Å². The molecule has 4 aromatic rings. The van der Waals surface area contributed by atoms with E-state index in [4.69, 9.17) is 9.15 Å². The van der Waals surface area contributed by atoms with Crippen LogP contribution < -0.4 is 10.1 Å². The van der Waals surface area contributed by atoms with Crippen molar-refractivity contribution in [1.29, 1.82) is 0 Å². The van der Waals surface area contributed by atoms with E-state index >= 15 is 0 Å². The van der Waals surface area contributed by atoms with Crippen LogP contribution in [0.5, 0.6) is 5.75 Å². The maximum absolute atomic E-state index is 12.7. The summed E-state index contributed by atoms with van der Waals surface area (Å²) in [6, 6.07) is 21.1. The number of amides is 2. The molecule has 0 bridgehead atoms. The number of Topliss-reactive ketones (excluding diaryl/α,β-unsaturated/α-hetero) is 1. The number of pyridine rings is 1. The maximum Gasteiger partial charge on any atom is 0.290 e. The Kier molecular flexibility index (Phi) is 6.46. The summed E-state index contributed by atoms with van der Waals surface area (Å²) in [6.07, 6.45) is 2.95. The molecule has 1 N–H and O–H groups in total. The van der Waals surface area contributed by atoms with Gasteiger partial charge in [-0.1, -0.05) is 42.5 Å². The van der Waals surface area contributed by atoms with Crippen molar-refractivity contribution in [3.05, 3.63) is 95.0 Å². The zero-order valence-corrected chi connectivity index (χ0v) is 19.9. The first-order chi connectivity index (χ1) is 17.5. The third-order valence-electron chi connectivity index (χ3n) is 5.35. The number of nitrogens with one attached hydrogen (secondary N) is 1. The second-order valence-electron chi connectivity index (χ2n) is 7.85. The first-order valence-corrected chi connectivity index (χ1v) is 11.8. The molecule has 2 aromatic carbocycles. The summed E-state index contributed by atoms with van der Waals surface area (Å²) in [4.78, 5) is 44.5. The van der Waals surface area contributed by atoms with E-state index in [1.54, 1.807) is 19.1 Å². The Balaban J connectivity index is 1.23. The standard InChI is InChI=1S/C27H19N3O5S/c1-16-24(29-26(35-16)19-9-7-18(8-10-19)17-5-3-2-4-6-17)22(31)15-34-21-12-11-20(28-14-21)13-23-25(32)30-27(33)36-23/h2-14H,15H2,1H3,(H,30,32,33). The van der Waals surface area contributed by atoms with Gasteiger partial charge in [-0.2, -0.15) is 0 Å². The van der Waals surface area contributed by atoms with Crippen molar-refractivity contribution < 1.29 is 23.5 Å². The molecule has 36 heavy (non-hydrogen) atoms. The lowest BCUT2D eigenvalue weighted by Crippen LogP contribution is -2.17. The highest BCUT2D eigenvalue weighted by Gasteiger charge is 2.25. The Labute approximate surface area is 210 Å². The van der Waals surface area contributed by atoms with Gasteiger partial charge in [0.15, 0.2) is 12.3 Å². The van der Waals surface area contributed by atoms with Crippen molar-refractivity contribution in [2.75, 3.05) is 6.61 Å². The molecule has 5 rings (SSSR count). The molecule has 9 heteroatoms. The van der Waals surface area contributed by atoms with Crippen LogP contribution in [0.25, 0.3) is 28.7 Å². The number of carbonyl (C=O) groups is 3. The van der Waals surface area contributed by atoms with Crippen molar-refractivity contribution in [3.63, 3.8) is 0 Å². The molecule has 2 amide bonds. The zero-order valence-electron chi connectivity index (χ0n) is 19.1. The first-order valence-electron chi connectivity index (χ1n) is 11.0. The highest BCUT2D eigenvalue weighted by molar-refractivity contribution is 8.18. The molecule has 1 fully saturated rings. The molecule has 1 aliphatic rings. The van der Waals surface area contributed by atoms with Crippen LogP contribution >= 0.6 is 11.8 Å². The Morgan fingerprint density at radius 1 is 1.00 bits per heavy atom. The number of rotatable bonds is 7. The molecule has 2 aromatic heterocycles. The van der Waals surface area contributed by atoms with Gasteiger partial charge in [0.2, 0.25) is 11.7 Å². The zero-order chi connectivity index (χ0) is 25.1. The van der Waals surface area contributed by atoms with Crippen LogP contribution in [0, 0.1) is 6.92 Å². The van der Waals surface area contributed by atoms with E-state index in [0.29, 0.717) is 23.1 Å². The number of benzene rings is 2. The summed E-state index contributed by atoms with van der Waals surface area (Å²) in [6.45, 7) is 1.45.